The Morgan fingerprint density at radius 2 is 1.53 bits per heavy atom. The van der Waals surface area contributed by atoms with Crippen LogP contribution in [0.15, 0.2) is 36.4 Å². The van der Waals surface area contributed by atoms with E-state index in [4.69, 9.17) is 29.4 Å². The molecular formula is C21H24N2O7. The second-order valence-corrected chi connectivity index (χ2v) is 5.81. The summed E-state index contributed by atoms with van der Waals surface area (Å²) in [6.45, 7) is -0.284. The molecule has 2 aromatic carbocycles. The number of hydrogen-bond acceptors (Lipinski definition) is 8. The standard InChI is InChI=1S/C21H24N2O7/c1-26-14-10-17(28-3)15(18(11-14)29-4)6-8-20(24)23-13-5-7-16(27-2)19(9-13)30-21(25)12-22/h5-11H,12,22H2,1-4H3,(H,23,24)/b8-6+. The van der Waals surface area contributed by atoms with Crippen LogP contribution in [0, 0.1) is 0 Å². The lowest BCUT2D eigenvalue weighted by atomic mass is 10.1. The molecular weight excluding hydrogens is 392 g/mol. The second-order valence-electron chi connectivity index (χ2n) is 5.81. The molecule has 0 heterocycles. The van der Waals surface area contributed by atoms with Crippen molar-refractivity contribution in [2.24, 2.45) is 5.73 Å². The van der Waals surface area contributed by atoms with Gasteiger partial charge in [-0.05, 0) is 18.2 Å². The summed E-state index contributed by atoms with van der Waals surface area (Å²) in [7, 11) is 5.98. The van der Waals surface area contributed by atoms with Crippen molar-refractivity contribution in [3.63, 3.8) is 0 Å². The van der Waals surface area contributed by atoms with E-state index in [1.807, 2.05) is 0 Å². The van der Waals surface area contributed by atoms with Gasteiger partial charge in [0.2, 0.25) is 5.91 Å². The van der Waals surface area contributed by atoms with Crippen LogP contribution < -0.4 is 34.7 Å². The molecule has 0 atom stereocenters. The van der Waals surface area contributed by atoms with Crippen molar-refractivity contribution >= 4 is 23.6 Å². The number of hydrogen-bond donors (Lipinski definition) is 2. The summed E-state index contributed by atoms with van der Waals surface area (Å²) in [6, 6.07) is 8.00. The fourth-order valence-electron chi connectivity index (χ4n) is 2.54. The molecule has 0 spiro atoms. The normalized spacial score (nSPS) is 10.4. The van der Waals surface area contributed by atoms with E-state index < -0.39 is 11.9 Å². The van der Waals surface area contributed by atoms with E-state index in [2.05, 4.69) is 5.32 Å². The van der Waals surface area contributed by atoms with Gasteiger partial charge in [0.15, 0.2) is 11.5 Å². The molecule has 0 aliphatic carbocycles. The molecule has 0 aromatic heterocycles. The summed E-state index contributed by atoms with van der Waals surface area (Å²) in [6.07, 6.45) is 2.88. The number of nitrogens with two attached hydrogens (primary N) is 1. The highest BCUT2D eigenvalue weighted by molar-refractivity contribution is 6.02. The summed E-state index contributed by atoms with van der Waals surface area (Å²) in [4.78, 5) is 23.9. The molecule has 0 unspecified atom stereocenters. The maximum absolute atomic E-state index is 12.4. The van der Waals surface area contributed by atoms with Gasteiger partial charge in [-0.1, -0.05) is 0 Å². The molecule has 30 heavy (non-hydrogen) atoms. The molecule has 0 bridgehead atoms. The number of ether oxygens (including phenoxy) is 5. The maximum atomic E-state index is 12.4. The van der Waals surface area contributed by atoms with Crippen LogP contribution in [0.2, 0.25) is 0 Å². The minimum absolute atomic E-state index is 0.147. The number of rotatable bonds is 9. The molecule has 0 aliphatic heterocycles. The molecule has 0 fully saturated rings. The predicted octanol–water partition coefficient (Wildman–Crippen LogP) is 2.24. The number of anilines is 1. The van der Waals surface area contributed by atoms with Gasteiger partial charge in [0.25, 0.3) is 0 Å². The number of benzene rings is 2. The molecule has 0 radical (unpaired) electrons. The van der Waals surface area contributed by atoms with E-state index in [9.17, 15) is 9.59 Å². The monoisotopic (exact) mass is 416 g/mol. The minimum Gasteiger partial charge on any atom is -0.496 e. The highest BCUT2D eigenvalue weighted by Crippen LogP contribution is 2.35. The number of nitrogens with one attached hydrogen (secondary N) is 1. The van der Waals surface area contributed by atoms with Crippen molar-refractivity contribution in [2.45, 2.75) is 0 Å². The van der Waals surface area contributed by atoms with Crippen molar-refractivity contribution in [1.29, 1.82) is 0 Å². The van der Waals surface area contributed by atoms with Crippen LogP contribution in [-0.2, 0) is 9.59 Å². The van der Waals surface area contributed by atoms with Gasteiger partial charge in [0.05, 0.1) is 40.5 Å². The third kappa shape index (κ3) is 5.65. The fourth-order valence-corrected chi connectivity index (χ4v) is 2.54. The summed E-state index contributed by atoms with van der Waals surface area (Å²) >= 11 is 0. The first-order valence-electron chi connectivity index (χ1n) is 8.83. The number of carbonyl (C=O) groups excluding carboxylic acids is 2. The lowest BCUT2D eigenvalue weighted by molar-refractivity contribution is -0.132. The fraction of sp³-hybridized carbons (Fsp3) is 0.238. The van der Waals surface area contributed by atoms with Crippen LogP contribution in [0.5, 0.6) is 28.7 Å². The molecule has 0 saturated carbocycles. The Labute approximate surface area is 174 Å². The zero-order valence-electron chi connectivity index (χ0n) is 17.2. The van der Waals surface area contributed by atoms with Crippen molar-refractivity contribution < 1.29 is 33.3 Å². The van der Waals surface area contributed by atoms with E-state index in [-0.39, 0.29) is 12.3 Å². The molecule has 1 amide bonds. The first-order chi connectivity index (χ1) is 14.4. The largest absolute Gasteiger partial charge is 0.496 e. The van der Waals surface area contributed by atoms with Gasteiger partial charge in [0, 0.05) is 30.0 Å². The predicted molar refractivity (Wildman–Crippen MR) is 111 cm³/mol. The Balaban J connectivity index is 2.22. The summed E-state index contributed by atoms with van der Waals surface area (Å²) in [5, 5.41) is 2.68. The van der Waals surface area contributed by atoms with Crippen molar-refractivity contribution in [1.82, 2.24) is 0 Å². The van der Waals surface area contributed by atoms with Crippen molar-refractivity contribution in [3.05, 3.63) is 42.0 Å². The van der Waals surface area contributed by atoms with Crippen LogP contribution in [0.3, 0.4) is 0 Å². The van der Waals surface area contributed by atoms with Gasteiger partial charge in [-0.2, -0.15) is 0 Å². The van der Waals surface area contributed by atoms with Crippen LogP contribution in [0.1, 0.15) is 5.56 Å². The molecule has 9 nitrogen and oxygen atoms in total. The van der Waals surface area contributed by atoms with Gasteiger partial charge in [0.1, 0.15) is 17.2 Å². The Morgan fingerprint density at radius 3 is 2.07 bits per heavy atom. The molecule has 2 rings (SSSR count). The van der Waals surface area contributed by atoms with Gasteiger partial charge < -0.3 is 34.7 Å². The quantitative estimate of drug-likeness (QED) is 0.363. The van der Waals surface area contributed by atoms with E-state index in [1.54, 1.807) is 30.3 Å². The van der Waals surface area contributed by atoms with Crippen LogP contribution in [0.25, 0.3) is 6.08 Å². The highest BCUT2D eigenvalue weighted by atomic mass is 16.6. The van der Waals surface area contributed by atoms with Crippen LogP contribution in [0.4, 0.5) is 5.69 Å². The number of esters is 1. The first kappa shape index (κ1) is 22.6. The third-order valence-corrected chi connectivity index (χ3v) is 3.98. The summed E-state index contributed by atoms with van der Waals surface area (Å²) in [5.41, 5.74) is 6.24. The molecule has 160 valence electrons. The lowest BCUT2D eigenvalue weighted by Gasteiger charge is -2.12. The molecule has 0 aliphatic rings. The van der Waals surface area contributed by atoms with Gasteiger partial charge in [-0.25, -0.2) is 0 Å². The Kier molecular flexibility index (Phi) is 8.07. The zero-order chi connectivity index (χ0) is 22.1. The van der Waals surface area contributed by atoms with Crippen LogP contribution >= 0.6 is 0 Å². The van der Waals surface area contributed by atoms with Gasteiger partial charge >= 0.3 is 5.97 Å². The summed E-state index contributed by atoms with van der Waals surface area (Å²) in [5.74, 6) is 0.951. The SMILES string of the molecule is COc1cc(OC)c(/C=C/C(=O)Nc2ccc(OC)c(OC(=O)CN)c2)c(OC)c1. The molecule has 2 aromatic rings. The van der Waals surface area contributed by atoms with E-state index in [0.29, 0.717) is 34.2 Å². The highest BCUT2D eigenvalue weighted by Gasteiger charge is 2.13. The van der Waals surface area contributed by atoms with E-state index in [0.717, 1.165) is 0 Å². The Bertz CT molecular complexity index is 916. The van der Waals surface area contributed by atoms with Crippen LogP contribution in [-0.4, -0.2) is 46.9 Å². The maximum Gasteiger partial charge on any atom is 0.325 e. The van der Waals surface area contributed by atoms with E-state index in [1.165, 1.54) is 40.6 Å². The second kappa shape index (κ2) is 10.7. The third-order valence-electron chi connectivity index (χ3n) is 3.98. The molecule has 0 saturated heterocycles. The Hall–Kier alpha value is -3.72. The smallest absolute Gasteiger partial charge is 0.325 e. The minimum atomic E-state index is -0.629. The lowest BCUT2D eigenvalue weighted by Crippen LogP contribution is -2.19. The number of carbonyl (C=O) groups is 2. The number of methoxy groups -OCH3 is 4. The first-order valence-corrected chi connectivity index (χ1v) is 8.83. The average molecular weight is 416 g/mol. The van der Waals surface area contributed by atoms with Gasteiger partial charge in [-0.15, -0.1) is 0 Å². The topological polar surface area (TPSA) is 118 Å². The Morgan fingerprint density at radius 1 is 0.900 bits per heavy atom. The summed E-state index contributed by atoms with van der Waals surface area (Å²) < 4.78 is 26.2. The number of amides is 1. The molecule has 3 N–H and O–H groups in total. The molecule has 9 heteroatoms. The average Bonchev–Trinajstić information content (AvgIpc) is 2.77. The van der Waals surface area contributed by atoms with Crippen molar-refractivity contribution in [3.8, 4) is 28.7 Å². The van der Waals surface area contributed by atoms with Crippen molar-refractivity contribution in [2.75, 3.05) is 40.3 Å². The van der Waals surface area contributed by atoms with E-state index >= 15 is 0 Å². The van der Waals surface area contributed by atoms with Gasteiger partial charge in [-0.3, -0.25) is 9.59 Å². The zero-order valence-corrected chi connectivity index (χ0v) is 17.2.